The summed E-state index contributed by atoms with van der Waals surface area (Å²) >= 11 is 0. The van der Waals surface area contributed by atoms with Gasteiger partial charge in [0, 0.05) is 54.6 Å². The van der Waals surface area contributed by atoms with Gasteiger partial charge in [-0.15, -0.1) is 0 Å². The fourth-order valence-electron chi connectivity index (χ4n) is 3.47. The molecule has 0 fully saturated rings. The Kier molecular flexibility index (Phi) is 6.12. The minimum atomic E-state index is -0.347. The predicted molar refractivity (Wildman–Crippen MR) is 98.8 cm³/mol. The molecule has 1 aliphatic rings. The van der Waals surface area contributed by atoms with Crippen molar-refractivity contribution in [1.82, 2.24) is 20.7 Å². The molecule has 0 unspecified atom stereocenters. The van der Waals surface area contributed by atoms with Crippen LogP contribution in [0, 0.1) is 0 Å². The lowest BCUT2D eigenvalue weighted by Crippen LogP contribution is -2.42. The number of hydrogen-bond donors (Lipinski definition) is 4. The van der Waals surface area contributed by atoms with Crippen LogP contribution >= 0.6 is 0 Å². The number of nitrogens with zero attached hydrogens (tertiary/aromatic N) is 1. The number of para-hydroxylation sites is 1. The molecule has 4 N–H and O–H groups in total. The van der Waals surface area contributed by atoms with Crippen molar-refractivity contribution in [3.05, 3.63) is 35.5 Å². The number of rotatable bonds is 7. The first-order valence-electron chi connectivity index (χ1n) is 9.23. The molecule has 3 rings (SSSR count). The summed E-state index contributed by atoms with van der Waals surface area (Å²) in [6, 6.07) is 8.20. The van der Waals surface area contributed by atoms with Crippen LogP contribution in [0.3, 0.4) is 0 Å². The fourth-order valence-corrected chi connectivity index (χ4v) is 3.47. The van der Waals surface area contributed by atoms with Crippen molar-refractivity contribution >= 4 is 22.8 Å². The molecule has 0 spiro atoms. The second kappa shape index (κ2) is 8.71. The van der Waals surface area contributed by atoms with Crippen molar-refractivity contribution in [3.63, 3.8) is 0 Å². The van der Waals surface area contributed by atoms with Gasteiger partial charge in [-0.2, -0.15) is 0 Å². The Balaban J connectivity index is 1.40. The van der Waals surface area contributed by atoms with Gasteiger partial charge in [0.25, 0.3) is 0 Å². The molecular formula is C19H26N4O3. The Morgan fingerprint density at radius 3 is 2.81 bits per heavy atom. The SMILES string of the molecule is O=C(CCCCCCNC(=O)N1CCc2[nH]c3ccccc3c2C1)NO. The Morgan fingerprint density at radius 2 is 1.96 bits per heavy atom. The van der Waals surface area contributed by atoms with Crippen LogP contribution in [0.5, 0.6) is 0 Å². The zero-order valence-corrected chi connectivity index (χ0v) is 14.9. The molecule has 140 valence electrons. The lowest BCUT2D eigenvalue weighted by Gasteiger charge is -2.27. The molecule has 0 saturated heterocycles. The van der Waals surface area contributed by atoms with Crippen molar-refractivity contribution in [3.8, 4) is 0 Å². The fraction of sp³-hybridized carbons (Fsp3) is 0.474. The highest BCUT2D eigenvalue weighted by molar-refractivity contribution is 5.85. The number of nitrogens with one attached hydrogen (secondary N) is 3. The van der Waals surface area contributed by atoms with Gasteiger partial charge < -0.3 is 15.2 Å². The van der Waals surface area contributed by atoms with Gasteiger partial charge in [-0.05, 0) is 18.9 Å². The maximum absolute atomic E-state index is 12.4. The van der Waals surface area contributed by atoms with E-state index in [1.807, 2.05) is 17.0 Å². The van der Waals surface area contributed by atoms with Crippen LogP contribution in [0.1, 0.15) is 43.4 Å². The Morgan fingerprint density at radius 1 is 1.15 bits per heavy atom. The van der Waals surface area contributed by atoms with Crippen LogP contribution in [0.25, 0.3) is 10.9 Å². The molecule has 1 aliphatic heterocycles. The standard InChI is InChI=1S/C19H26N4O3/c24-18(22-26)9-3-1-2-6-11-20-19(25)23-12-10-17-15(13-23)14-7-4-5-8-16(14)21-17/h4-5,7-8,21,26H,1-3,6,9-13H2,(H,20,25)(H,22,24). The summed E-state index contributed by atoms with van der Waals surface area (Å²) < 4.78 is 0. The predicted octanol–water partition coefficient (Wildman–Crippen LogP) is 2.69. The highest BCUT2D eigenvalue weighted by atomic mass is 16.5. The smallest absolute Gasteiger partial charge is 0.317 e. The highest BCUT2D eigenvalue weighted by Crippen LogP contribution is 2.27. The first-order chi connectivity index (χ1) is 12.7. The molecule has 0 atom stereocenters. The number of urea groups is 1. The van der Waals surface area contributed by atoms with Crippen molar-refractivity contribution in [2.24, 2.45) is 0 Å². The van der Waals surface area contributed by atoms with E-state index in [-0.39, 0.29) is 11.9 Å². The number of carbonyl (C=O) groups excluding carboxylic acids is 2. The van der Waals surface area contributed by atoms with Crippen LogP contribution in [-0.4, -0.2) is 40.1 Å². The van der Waals surface area contributed by atoms with Gasteiger partial charge >= 0.3 is 6.03 Å². The normalized spacial score (nSPS) is 13.5. The minimum Gasteiger partial charge on any atom is -0.358 e. The topological polar surface area (TPSA) is 97.5 Å². The van der Waals surface area contributed by atoms with E-state index in [1.165, 1.54) is 16.6 Å². The number of hydroxylamine groups is 1. The lowest BCUT2D eigenvalue weighted by molar-refractivity contribution is -0.129. The maximum atomic E-state index is 12.4. The molecule has 1 aromatic heterocycles. The van der Waals surface area contributed by atoms with Gasteiger partial charge in [0.05, 0.1) is 0 Å². The molecular weight excluding hydrogens is 332 g/mol. The second-order valence-corrected chi connectivity index (χ2v) is 6.73. The average molecular weight is 358 g/mol. The van der Waals surface area contributed by atoms with E-state index in [9.17, 15) is 9.59 Å². The molecule has 0 bridgehead atoms. The third kappa shape index (κ3) is 4.35. The summed E-state index contributed by atoms with van der Waals surface area (Å²) in [5, 5.41) is 12.6. The summed E-state index contributed by atoms with van der Waals surface area (Å²) in [6.45, 7) is 2.01. The molecule has 2 heterocycles. The largest absolute Gasteiger partial charge is 0.358 e. The van der Waals surface area contributed by atoms with E-state index >= 15 is 0 Å². The molecule has 3 amide bonds. The molecule has 0 aliphatic carbocycles. The maximum Gasteiger partial charge on any atom is 0.317 e. The van der Waals surface area contributed by atoms with Crippen LogP contribution in [0.2, 0.25) is 0 Å². The summed E-state index contributed by atoms with van der Waals surface area (Å²) in [7, 11) is 0. The van der Waals surface area contributed by atoms with Crippen molar-refractivity contribution in [2.45, 2.75) is 45.1 Å². The van der Waals surface area contributed by atoms with Gasteiger partial charge in [0.1, 0.15) is 0 Å². The van der Waals surface area contributed by atoms with E-state index in [1.54, 1.807) is 5.48 Å². The number of hydrogen-bond acceptors (Lipinski definition) is 3. The molecule has 1 aromatic carbocycles. The van der Waals surface area contributed by atoms with Crippen molar-refractivity contribution in [2.75, 3.05) is 13.1 Å². The molecule has 7 nitrogen and oxygen atoms in total. The number of benzene rings is 1. The third-order valence-corrected chi connectivity index (χ3v) is 4.90. The molecule has 0 saturated carbocycles. The summed E-state index contributed by atoms with van der Waals surface area (Å²) in [6.07, 6.45) is 4.68. The van der Waals surface area contributed by atoms with E-state index in [0.717, 1.165) is 44.2 Å². The number of carbonyl (C=O) groups is 2. The van der Waals surface area contributed by atoms with Crippen molar-refractivity contribution in [1.29, 1.82) is 0 Å². The zero-order valence-electron chi connectivity index (χ0n) is 14.9. The molecule has 7 heteroatoms. The number of fused-ring (bicyclic) bond motifs is 3. The monoisotopic (exact) mass is 358 g/mol. The van der Waals surface area contributed by atoms with Gasteiger partial charge in [-0.1, -0.05) is 31.0 Å². The van der Waals surface area contributed by atoms with Crippen LogP contribution < -0.4 is 10.8 Å². The van der Waals surface area contributed by atoms with Crippen LogP contribution in [0.4, 0.5) is 4.79 Å². The number of aromatic nitrogens is 1. The van der Waals surface area contributed by atoms with E-state index in [0.29, 0.717) is 19.5 Å². The Labute approximate surface area is 152 Å². The molecule has 2 aromatic rings. The summed E-state index contributed by atoms with van der Waals surface area (Å²) in [5.74, 6) is -0.347. The van der Waals surface area contributed by atoms with Gasteiger partial charge in [0.15, 0.2) is 0 Å². The number of H-pyrrole nitrogens is 1. The van der Waals surface area contributed by atoms with Gasteiger partial charge in [0.2, 0.25) is 5.91 Å². The zero-order chi connectivity index (χ0) is 18.4. The Bertz CT molecular complexity index is 771. The van der Waals surface area contributed by atoms with Crippen molar-refractivity contribution < 1.29 is 14.8 Å². The summed E-state index contributed by atoms with van der Waals surface area (Å²) in [5.41, 5.74) is 5.23. The second-order valence-electron chi connectivity index (χ2n) is 6.73. The van der Waals surface area contributed by atoms with E-state index in [4.69, 9.17) is 5.21 Å². The van der Waals surface area contributed by atoms with E-state index < -0.39 is 0 Å². The highest BCUT2D eigenvalue weighted by Gasteiger charge is 2.23. The molecule has 0 radical (unpaired) electrons. The van der Waals surface area contributed by atoms with Crippen LogP contribution in [-0.2, 0) is 17.8 Å². The van der Waals surface area contributed by atoms with Gasteiger partial charge in [-0.3, -0.25) is 10.0 Å². The lowest BCUT2D eigenvalue weighted by atomic mass is 10.0. The van der Waals surface area contributed by atoms with Gasteiger partial charge in [-0.25, -0.2) is 10.3 Å². The number of amides is 3. The third-order valence-electron chi connectivity index (χ3n) is 4.90. The first kappa shape index (κ1) is 18.3. The quantitative estimate of drug-likeness (QED) is 0.348. The summed E-state index contributed by atoms with van der Waals surface area (Å²) in [4.78, 5) is 28.6. The number of aromatic amines is 1. The Hall–Kier alpha value is -2.54. The first-order valence-corrected chi connectivity index (χ1v) is 9.23. The molecule has 26 heavy (non-hydrogen) atoms. The van der Waals surface area contributed by atoms with E-state index in [2.05, 4.69) is 22.4 Å². The van der Waals surface area contributed by atoms with Crippen LogP contribution in [0.15, 0.2) is 24.3 Å². The number of unbranched alkanes of at least 4 members (excludes halogenated alkanes) is 3. The minimum absolute atomic E-state index is 0.0133. The average Bonchev–Trinajstić information content (AvgIpc) is 3.04.